The first-order valence-electron chi connectivity index (χ1n) is 6.41. The average molecular weight is 341 g/mol. The van der Waals surface area contributed by atoms with Gasteiger partial charge < -0.3 is 5.32 Å². The van der Waals surface area contributed by atoms with Gasteiger partial charge in [-0.2, -0.15) is 0 Å². The van der Waals surface area contributed by atoms with Crippen molar-refractivity contribution in [2.75, 3.05) is 6.54 Å². The van der Waals surface area contributed by atoms with E-state index in [9.17, 15) is 8.78 Å². The van der Waals surface area contributed by atoms with Gasteiger partial charge in [-0.05, 0) is 58.7 Å². The number of aromatic nitrogens is 1. The summed E-state index contributed by atoms with van der Waals surface area (Å²) in [5.74, 6) is -1.69. The third-order valence-corrected chi connectivity index (χ3v) is 3.39. The summed E-state index contributed by atoms with van der Waals surface area (Å²) < 4.78 is 27.3. The predicted octanol–water partition coefficient (Wildman–Crippen LogP) is 4.21. The van der Waals surface area contributed by atoms with Crippen LogP contribution in [-0.4, -0.2) is 11.5 Å². The molecule has 1 N–H and O–H groups in total. The van der Waals surface area contributed by atoms with E-state index in [4.69, 9.17) is 0 Å². The summed E-state index contributed by atoms with van der Waals surface area (Å²) in [4.78, 5) is 4.33. The molecular weight excluding hydrogens is 326 g/mol. The van der Waals surface area contributed by atoms with E-state index in [2.05, 4.69) is 26.2 Å². The molecule has 0 saturated carbocycles. The zero-order valence-electron chi connectivity index (χ0n) is 11.0. The van der Waals surface area contributed by atoms with E-state index < -0.39 is 11.6 Å². The highest BCUT2D eigenvalue weighted by Gasteiger charge is 2.16. The van der Waals surface area contributed by atoms with Crippen molar-refractivity contribution in [1.29, 1.82) is 0 Å². The Labute approximate surface area is 125 Å². The second-order valence-corrected chi connectivity index (χ2v) is 5.38. The van der Waals surface area contributed by atoms with Crippen molar-refractivity contribution >= 4 is 15.9 Å². The van der Waals surface area contributed by atoms with Crippen molar-refractivity contribution in [2.24, 2.45) is 0 Å². The van der Waals surface area contributed by atoms with Crippen LogP contribution in [0.2, 0.25) is 0 Å². The second-order valence-electron chi connectivity index (χ2n) is 4.46. The molecule has 1 atom stereocenters. The minimum atomic E-state index is -0.845. The first kappa shape index (κ1) is 15.1. The Morgan fingerprint density at radius 1 is 1.20 bits per heavy atom. The fourth-order valence-electron chi connectivity index (χ4n) is 1.93. The molecule has 1 aromatic heterocycles. The fourth-order valence-corrected chi connectivity index (χ4v) is 2.17. The van der Waals surface area contributed by atoms with Gasteiger partial charge in [0, 0.05) is 10.7 Å². The molecule has 0 aliphatic carbocycles. The Bertz CT molecular complexity index is 573. The van der Waals surface area contributed by atoms with E-state index in [0.717, 1.165) is 29.2 Å². The Morgan fingerprint density at radius 2 is 2.00 bits per heavy atom. The number of nitrogens with one attached hydrogen (secondary N) is 1. The van der Waals surface area contributed by atoms with Crippen LogP contribution >= 0.6 is 15.9 Å². The summed E-state index contributed by atoms with van der Waals surface area (Å²) in [6.07, 6.45) is 2.63. The minimum Gasteiger partial charge on any atom is -0.305 e. The van der Waals surface area contributed by atoms with Crippen molar-refractivity contribution in [3.63, 3.8) is 0 Å². The molecule has 1 unspecified atom stereocenters. The molecule has 0 amide bonds. The number of hydrogen-bond acceptors (Lipinski definition) is 2. The van der Waals surface area contributed by atoms with Crippen molar-refractivity contribution in [3.8, 4) is 0 Å². The molecule has 0 radical (unpaired) electrons. The first-order chi connectivity index (χ1) is 9.61. The molecule has 0 aliphatic rings. The molecule has 2 rings (SSSR count). The van der Waals surface area contributed by atoms with Gasteiger partial charge in [0.05, 0.1) is 11.7 Å². The Hall–Kier alpha value is -1.33. The van der Waals surface area contributed by atoms with Crippen LogP contribution in [-0.2, 0) is 0 Å². The van der Waals surface area contributed by atoms with E-state index in [1.54, 1.807) is 12.3 Å². The third kappa shape index (κ3) is 3.61. The van der Waals surface area contributed by atoms with Crippen molar-refractivity contribution in [3.05, 3.63) is 63.9 Å². The zero-order chi connectivity index (χ0) is 14.5. The molecular formula is C15H15BrF2N2. The molecule has 0 fully saturated rings. The molecule has 1 heterocycles. The first-order valence-corrected chi connectivity index (χ1v) is 7.21. The lowest BCUT2D eigenvalue weighted by atomic mass is 10.0. The van der Waals surface area contributed by atoms with E-state index in [1.165, 1.54) is 6.07 Å². The van der Waals surface area contributed by atoms with Crippen molar-refractivity contribution in [1.82, 2.24) is 10.3 Å². The summed E-state index contributed by atoms with van der Waals surface area (Å²) in [7, 11) is 0. The molecule has 106 valence electrons. The average Bonchev–Trinajstić information content (AvgIpc) is 2.45. The molecule has 1 aromatic carbocycles. The quantitative estimate of drug-likeness (QED) is 0.881. The van der Waals surface area contributed by atoms with E-state index in [1.807, 2.05) is 19.1 Å². The van der Waals surface area contributed by atoms with Crippen LogP contribution in [0.3, 0.4) is 0 Å². The monoisotopic (exact) mass is 340 g/mol. The molecule has 0 spiro atoms. The maximum atomic E-state index is 13.4. The highest BCUT2D eigenvalue weighted by atomic mass is 79.9. The van der Waals surface area contributed by atoms with Crippen LogP contribution in [0.5, 0.6) is 0 Å². The molecule has 20 heavy (non-hydrogen) atoms. The van der Waals surface area contributed by atoms with Gasteiger partial charge in [-0.3, -0.25) is 4.98 Å². The standard InChI is InChI=1S/C15H15BrF2N2/c1-2-7-19-15(14-6-4-11(16)9-20-14)10-3-5-12(17)13(18)8-10/h3-6,8-9,15,19H,2,7H2,1H3. The largest absolute Gasteiger partial charge is 0.305 e. The number of pyridine rings is 1. The second kappa shape index (κ2) is 6.90. The van der Waals surface area contributed by atoms with Crippen LogP contribution in [0.4, 0.5) is 8.78 Å². The highest BCUT2D eigenvalue weighted by molar-refractivity contribution is 9.10. The van der Waals surface area contributed by atoms with Crippen LogP contribution in [0.25, 0.3) is 0 Å². The minimum absolute atomic E-state index is 0.252. The Kier molecular flexibility index (Phi) is 5.20. The maximum Gasteiger partial charge on any atom is 0.159 e. The lowest BCUT2D eigenvalue weighted by Gasteiger charge is -2.18. The van der Waals surface area contributed by atoms with Crippen LogP contribution in [0.1, 0.15) is 30.6 Å². The number of rotatable bonds is 5. The van der Waals surface area contributed by atoms with Crippen molar-refractivity contribution < 1.29 is 8.78 Å². The lowest BCUT2D eigenvalue weighted by molar-refractivity contribution is 0.502. The topological polar surface area (TPSA) is 24.9 Å². The highest BCUT2D eigenvalue weighted by Crippen LogP contribution is 2.23. The van der Waals surface area contributed by atoms with Crippen LogP contribution in [0.15, 0.2) is 41.0 Å². The van der Waals surface area contributed by atoms with Gasteiger partial charge >= 0.3 is 0 Å². The van der Waals surface area contributed by atoms with Gasteiger partial charge in [0.25, 0.3) is 0 Å². The van der Waals surface area contributed by atoms with Crippen LogP contribution in [0, 0.1) is 11.6 Å². The Balaban J connectivity index is 2.35. The van der Waals surface area contributed by atoms with Gasteiger partial charge in [0.15, 0.2) is 11.6 Å². The van der Waals surface area contributed by atoms with Gasteiger partial charge in [-0.1, -0.05) is 13.0 Å². The van der Waals surface area contributed by atoms with Crippen molar-refractivity contribution in [2.45, 2.75) is 19.4 Å². The predicted molar refractivity (Wildman–Crippen MR) is 78.4 cm³/mol. The maximum absolute atomic E-state index is 13.4. The number of halogens is 3. The summed E-state index contributed by atoms with van der Waals surface area (Å²) in [5, 5.41) is 3.30. The molecule has 2 aromatic rings. The normalized spacial score (nSPS) is 12.4. The Morgan fingerprint density at radius 3 is 2.60 bits per heavy atom. The molecule has 0 aliphatic heterocycles. The third-order valence-electron chi connectivity index (χ3n) is 2.92. The summed E-state index contributed by atoms with van der Waals surface area (Å²) in [6.45, 7) is 2.81. The summed E-state index contributed by atoms with van der Waals surface area (Å²) >= 11 is 3.33. The van der Waals surface area contributed by atoms with E-state index >= 15 is 0 Å². The fraction of sp³-hybridized carbons (Fsp3) is 0.267. The number of benzene rings is 1. The molecule has 2 nitrogen and oxygen atoms in total. The molecule has 0 bridgehead atoms. The van der Waals surface area contributed by atoms with E-state index in [0.29, 0.717) is 5.56 Å². The lowest BCUT2D eigenvalue weighted by Crippen LogP contribution is -2.24. The molecule has 0 saturated heterocycles. The SMILES string of the molecule is CCCNC(c1ccc(F)c(F)c1)c1ccc(Br)cn1. The van der Waals surface area contributed by atoms with E-state index in [-0.39, 0.29) is 6.04 Å². The smallest absolute Gasteiger partial charge is 0.159 e. The number of nitrogens with zero attached hydrogens (tertiary/aromatic N) is 1. The van der Waals surface area contributed by atoms with Crippen LogP contribution < -0.4 is 5.32 Å². The number of hydrogen-bond donors (Lipinski definition) is 1. The van der Waals surface area contributed by atoms with Gasteiger partial charge in [-0.25, -0.2) is 8.78 Å². The van der Waals surface area contributed by atoms with Gasteiger partial charge in [-0.15, -0.1) is 0 Å². The summed E-state index contributed by atoms with van der Waals surface area (Å²) in [6, 6.07) is 7.42. The zero-order valence-corrected chi connectivity index (χ0v) is 12.6. The summed E-state index contributed by atoms with van der Waals surface area (Å²) in [5.41, 5.74) is 1.43. The molecule has 5 heteroatoms. The van der Waals surface area contributed by atoms with Gasteiger partial charge in [0.2, 0.25) is 0 Å². The van der Waals surface area contributed by atoms with Gasteiger partial charge in [0.1, 0.15) is 0 Å².